The number of carboxylic acids is 1. The lowest BCUT2D eigenvalue weighted by Crippen LogP contribution is -2.48. The number of rotatable bonds is 9. The highest BCUT2D eigenvalue weighted by atomic mass is 16.5. The van der Waals surface area contributed by atoms with Gasteiger partial charge in [-0.3, -0.25) is 9.59 Å². The molecular weight excluding hydrogens is 438 g/mol. The number of carboxylic acid groups (broad SMARTS) is 1. The van der Waals surface area contributed by atoms with E-state index < -0.39 is 30.4 Å². The van der Waals surface area contributed by atoms with Gasteiger partial charge in [0.1, 0.15) is 24.8 Å². The summed E-state index contributed by atoms with van der Waals surface area (Å²) in [6.07, 6.45) is 0.116. The van der Waals surface area contributed by atoms with Crippen LogP contribution in [0.15, 0.2) is 54.9 Å². The number of aryl methyl sites for hydroxylation is 1. The fraction of sp³-hybridized carbons (Fsp3) is 0.292. The van der Waals surface area contributed by atoms with Gasteiger partial charge in [0, 0.05) is 19.0 Å². The number of carbonyl (C=O) groups is 3. The molecule has 2 amide bonds. The second kappa shape index (κ2) is 10.2. The average molecular weight is 463 g/mol. The molecule has 0 spiro atoms. The smallest absolute Gasteiger partial charge is 0.407 e. The second-order valence-electron chi connectivity index (χ2n) is 7.98. The molecular formula is C24H25N5O5. The normalized spacial score (nSPS) is 13.0. The van der Waals surface area contributed by atoms with Crippen LogP contribution in [0, 0.1) is 6.92 Å². The molecule has 0 saturated heterocycles. The first kappa shape index (κ1) is 23.0. The average Bonchev–Trinajstić information content (AvgIpc) is 3.37. The van der Waals surface area contributed by atoms with E-state index in [1.807, 2.05) is 48.5 Å². The SMILES string of the molecule is Cc1nncn1CCNC(=O)C(CC(=O)O)NC(=O)OCC1c2ccccc2-c2ccccc21. The van der Waals surface area contributed by atoms with Crippen molar-refractivity contribution >= 4 is 18.0 Å². The van der Waals surface area contributed by atoms with Gasteiger partial charge >= 0.3 is 12.1 Å². The highest BCUT2D eigenvalue weighted by molar-refractivity contribution is 5.89. The molecule has 3 aromatic rings. The van der Waals surface area contributed by atoms with Gasteiger partial charge in [-0.15, -0.1) is 10.2 Å². The Bertz CT molecular complexity index is 1160. The van der Waals surface area contributed by atoms with Crippen molar-refractivity contribution in [3.05, 3.63) is 71.8 Å². The summed E-state index contributed by atoms with van der Waals surface area (Å²) in [5.74, 6) is -1.28. The standard InChI is InChI=1S/C24H25N5O5/c1-15-28-26-14-29(15)11-10-25-23(32)21(12-22(30)31)27-24(33)34-13-20-18-8-4-2-6-16(18)17-7-3-5-9-19(17)20/h2-9,14,20-21H,10-13H2,1H3,(H,25,32)(H,27,33)(H,30,31). The molecule has 1 aromatic heterocycles. The van der Waals surface area contributed by atoms with Crippen LogP contribution in [0.5, 0.6) is 0 Å². The van der Waals surface area contributed by atoms with Crippen molar-refractivity contribution in [3.63, 3.8) is 0 Å². The molecule has 2 aromatic carbocycles. The van der Waals surface area contributed by atoms with E-state index in [0.29, 0.717) is 12.4 Å². The Morgan fingerprint density at radius 3 is 2.32 bits per heavy atom. The van der Waals surface area contributed by atoms with Gasteiger partial charge in [-0.25, -0.2) is 4.79 Å². The molecule has 10 nitrogen and oxygen atoms in total. The fourth-order valence-electron chi connectivity index (χ4n) is 4.12. The summed E-state index contributed by atoms with van der Waals surface area (Å²) in [4.78, 5) is 36.3. The van der Waals surface area contributed by atoms with Gasteiger partial charge in [0.05, 0.1) is 6.42 Å². The first-order chi connectivity index (χ1) is 16.4. The number of ether oxygens (including phenoxy) is 1. The monoisotopic (exact) mass is 463 g/mol. The van der Waals surface area contributed by atoms with E-state index in [4.69, 9.17) is 4.74 Å². The van der Waals surface area contributed by atoms with Gasteiger partial charge in [-0.1, -0.05) is 48.5 Å². The molecule has 1 unspecified atom stereocenters. The van der Waals surface area contributed by atoms with Gasteiger partial charge in [0.2, 0.25) is 5.91 Å². The summed E-state index contributed by atoms with van der Waals surface area (Å²) in [6.45, 7) is 2.48. The molecule has 0 fully saturated rings. The predicted octanol–water partition coefficient (Wildman–Crippen LogP) is 2.08. The first-order valence-electron chi connectivity index (χ1n) is 10.9. The minimum absolute atomic E-state index is 0.0637. The lowest BCUT2D eigenvalue weighted by Gasteiger charge is -2.19. The maximum absolute atomic E-state index is 12.5. The number of benzene rings is 2. The molecule has 176 valence electrons. The van der Waals surface area contributed by atoms with Crippen LogP contribution in [0.1, 0.15) is 29.3 Å². The molecule has 10 heteroatoms. The zero-order chi connectivity index (χ0) is 24.1. The van der Waals surface area contributed by atoms with E-state index in [0.717, 1.165) is 22.3 Å². The Kier molecular flexibility index (Phi) is 6.86. The number of alkyl carbamates (subject to hydrolysis) is 1. The molecule has 0 radical (unpaired) electrons. The van der Waals surface area contributed by atoms with E-state index in [1.165, 1.54) is 6.33 Å². The van der Waals surface area contributed by atoms with Crippen LogP contribution in [0.25, 0.3) is 11.1 Å². The van der Waals surface area contributed by atoms with Crippen molar-refractivity contribution in [1.82, 2.24) is 25.4 Å². The van der Waals surface area contributed by atoms with Crippen LogP contribution in [0.2, 0.25) is 0 Å². The lowest BCUT2D eigenvalue weighted by atomic mass is 9.98. The van der Waals surface area contributed by atoms with Gasteiger partial charge in [-0.2, -0.15) is 0 Å². The number of nitrogens with zero attached hydrogens (tertiary/aromatic N) is 3. The lowest BCUT2D eigenvalue weighted by molar-refractivity contribution is -0.139. The summed E-state index contributed by atoms with van der Waals surface area (Å²) in [5, 5.41) is 21.8. The van der Waals surface area contributed by atoms with E-state index in [1.54, 1.807) is 11.5 Å². The number of hydrogen-bond acceptors (Lipinski definition) is 6. The summed E-state index contributed by atoms with van der Waals surface area (Å²) in [5.41, 5.74) is 4.30. The van der Waals surface area contributed by atoms with Crippen molar-refractivity contribution in [2.75, 3.05) is 13.2 Å². The van der Waals surface area contributed by atoms with Crippen LogP contribution in [-0.4, -0.2) is 57.0 Å². The minimum atomic E-state index is -1.27. The Labute approximate surface area is 196 Å². The number of fused-ring (bicyclic) bond motifs is 3. The molecule has 0 aliphatic heterocycles. The van der Waals surface area contributed by atoms with Crippen molar-refractivity contribution in [2.24, 2.45) is 0 Å². The third kappa shape index (κ3) is 5.06. The third-order valence-corrected chi connectivity index (χ3v) is 5.79. The van der Waals surface area contributed by atoms with Crippen LogP contribution in [-0.2, 0) is 20.9 Å². The largest absolute Gasteiger partial charge is 0.481 e. The van der Waals surface area contributed by atoms with Gasteiger partial charge in [0.15, 0.2) is 0 Å². The number of amides is 2. The van der Waals surface area contributed by atoms with E-state index in [9.17, 15) is 19.5 Å². The van der Waals surface area contributed by atoms with Crippen molar-refractivity contribution in [1.29, 1.82) is 0 Å². The number of carbonyl (C=O) groups excluding carboxylic acids is 2. The number of nitrogens with one attached hydrogen (secondary N) is 2. The fourth-order valence-corrected chi connectivity index (χ4v) is 4.12. The molecule has 1 aliphatic rings. The Hall–Kier alpha value is -4.21. The third-order valence-electron chi connectivity index (χ3n) is 5.79. The van der Waals surface area contributed by atoms with Gasteiger partial charge < -0.3 is 25.0 Å². The van der Waals surface area contributed by atoms with Crippen molar-refractivity contribution in [3.8, 4) is 11.1 Å². The van der Waals surface area contributed by atoms with Crippen LogP contribution >= 0.6 is 0 Å². The van der Waals surface area contributed by atoms with Crippen LogP contribution < -0.4 is 10.6 Å². The molecule has 1 aliphatic carbocycles. The number of aliphatic carboxylic acids is 1. The van der Waals surface area contributed by atoms with Gasteiger partial charge in [0.25, 0.3) is 0 Å². The van der Waals surface area contributed by atoms with Crippen molar-refractivity contribution < 1.29 is 24.2 Å². The van der Waals surface area contributed by atoms with Crippen LogP contribution in [0.3, 0.4) is 0 Å². The summed E-state index contributed by atoms with van der Waals surface area (Å²) >= 11 is 0. The number of hydrogen-bond donors (Lipinski definition) is 3. The summed E-state index contributed by atoms with van der Waals surface area (Å²) in [6, 6.07) is 14.6. The Balaban J connectivity index is 1.35. The first-order valence-corrected chi connectivity index (χ1v) is 10.9. The van der Waals surface area contributed by atoms with Crippen molar-refractivity contribution in [2.45, 2.75) is 31.8 Å². The maximum atomic E-state index is 12.5. The van der Waals surface area contributed by atoms with Crippen LogP contribution in [0.4, 0.5) is 4.79 Å². The quantitative estimate of drug-likeness (QED) is 0.442. The minimum Gasteiger partial charge on any atom is -0.481 e. The van der Waals surface area contributed by atoms with E-state index in [-0.39, 0.29) is 19.1 Å². The Morgan fingerprint density at radius 1 is 1.09 bits per heavy atom. The summed E-state index contributed by atoms with van der Waals surface area (Å²) < 4.78 is 7.18. The molecule has 0 saturated carbocycles. The molecule has 4 rings (SSSR count). The molecule has 0 bridgehead atoms. The highest BCUT2D eigenvalue weighted by Crippen LogP contribution is 2.44. The maximum Gasteiger partial charge on any atom is 0.407 e. The molecule has 34 heavy (non-hydrogen) atoms. The van der Waals surface area contributed by atoms with Gasteiger partial charge in [-0.05, 0) is 29.2 Å². The number of aromatic nitrogens is 3. The predicted molar refractivity (Wildman–Crippen MR) is 122 cm³/mol. The zero-order valence-corrected chi connectivity index (χ0v) is 18.6. The molecule has 3 N–H and O–H groups in total. The molecule has 1 heterocycles. The second-order valence-corrected chi connectivity index (χ2v) is 7.98. The summed E-state index contributed by atoms with van der Waals surface area (Å²) in [7, 11) is 0. The topological polar surface area (TPSA) is 135 Å². The zero-order valence-electron chi connectivity index (χ0n) is 18.6. The Morgan fingerprint density at radius 2 is 1.74 bits per heavy atom. The molecule has 1 atom stereocenters. The van der Waals surface area contributed by atoms with E-state index in [2.05, 4.69) is 20.8 Å². The van der Waals surface area contributed by atoms with E-state index >= 15 is 0 Å². The highest BCUT2D eigenvalue weighted by Gasteiger charge is 2.30.